The van der Waals surface area contributed by atoms with E-state index < -0.39 is 5.60 Å². The largest absolute Gasteiger partial charge is 0.386 e. The Morgan fingerprint density at radius 2 is 2.19 bits per heavy atom. The molecule has 2 N–H and O–H groups in total. The molecule has 4 nitrogen and oxygen atoms in total. The van der Waals surface area contributed by atoms with E-state index in [0.717, 1.165) is 28.7 Å². The highest BCUT2D eigenvalue weighted by molar-refractivity contribution is 5.93. The summed E-state index contributed by atoms with van der Waals surface area (Å²) in [6.07, 6.45) is 1.60. The molecule has 3 rings (SSSR count). The Balaban J connectivity index is 1.99. The van der Waals surface area contributed by atoms with Crippen LogP contribution in [0.3, 0.4) is 0 Å². The third-order valence-corrected chi connectivity index (χ3v) is 4.23. The van der Waals surface area contributed by atoms with Gasteiger partial charge in [0.15, 0.2) is 0 Å². The van der Waals surface area contributed by atoms with Crippen LogP contribution in [0.2, 0.25) is 0 Å². The molecule has 1 fully saturated rings. The lowest BCUT2D eigenvalue weighted by atomic mass is 10.0. The molecule has 2 heterocycles. The van der Waals surface area contributed by atoms with Gasteiger partial charge in [0.1, 0.15) is 5.60 Å². The van der Waals surface area contributed by atoms with Gasteiger partial charge >= 0.3 is 0 Å². The van der Waals surface area contributed by atoms with Crippen molar-refractivity contribution in [1.29, 1.82) is 0 Å². The summed E-state index contributed by atoms with van der Waals surface area (Å²) < 4.78 is 5.31. The minimum absolute atomic E-state index is 0.406. The van der Waals surface area contributed by atoms with Crippen LogP contribution in [0.15, 0.2) is 24.3 Å². The predicted molar refractivity (Wildman–Crippen MR) is 84.7 cm³/mol. The summed E-state index contributed by atoms with van der Waals surface area (Å²) >= 11 is 0. The molecule has 0 aliphatic carbocycles. The average Bonchev–Trinajstić information content (AvgIpc) is 2.91. The number of aliphatic hydroxyl groups is 1. The van der Waals surface area contributed by atoms with Gasteiger partial charge in [-0.25, -0.2) is 0 Å². The third kappa shape index (κ3) is 2.74. The van der Waals surface area contributed by atoms with Gasteiger partial charge in [-0.05, 0) is 25.0 Å². The predicted octanol–water partition coefficient (Wildman–Crippen LogP) is 2.67. The summed E-state index contributed by atoms with van der Waals surface area (Å²) in [4.78, 5) is 4.68. The van der Waals surface area contributed by atoms with E-state index in [1.54, 1.807) is 0 Å². The Morgan fingerprint density at radius 3 is 2.90 bits per heavy atom. The van der Waals surface area contributed by atoms with Crippen LogP contribution in [-0.2, 0) is 11.2 Å². The van der Waals surface area contributed by atoms with E-state index in [9.17, 15) is 5.11 Å². The minimum Gasteiger partial charge on any atom is -0.386 e. The minimum atomic E-state index is -0.761. The van der Waals surface area contributed by atoms with Crippen molar-refractivity contribution in [2.75, 3.05) is 25.1 Å². The Kier molecular flexibility index (Phi) is 3.83. The van der Waals surface area contributed by atoms with Gasteiger partial charge in [-0.3, -0.25) is 4.98 Å². The summed E-state index contributed by atoms with van der Waals surface area (Å²) in [7, 11) is 0. The number of benzene rings is 1. The van der Waals surface area contributed by atoms with Crippen LogP contribution in [0.5, 0.6) is 0 Å². The fourth-order valence-electron chi connectivity index (χ4n) is 3.00. The van der Waals surface area contributed by atoms with Gasteiger partial charge in [-0.15, -0.1) is 0 Å². The maximum atomic E-state index is 10.5. The summed E-state index contributed by atoms with van der Waals surface area (Å²) in [6.45, 7) is 5.73. The molecular weight excluding hydrogens is 264 g/mol. The zero-order valence-corrected chi connectivity index (χ0v) is 12.6. The van der Waals surface area contributed by atoms with E-state index in [4.69, 9.17) is 4.74 Å². The number of aromatic nitrogens is 1. The molecule has 0 amide bonds. The van der Waals surface area contributed by atoms with Gasteiger partial charge in [0.05, 0.1) is 12.1 Å². The number of nitrogens with zero attached hydrogens (tertiary/aromatic N) is 1. The van der Waals surface area contributed by atoms with Crippen LogP contribution < -0.4 is 5.32 Å². The third-order valence-electron chi connectivity index (χ3n) is 4.23. The molecule has 1 saturated heterocycles. The maximum absolute atomic E-state index is 10.5. The maximum Gasteiger partial charge on any atom is 0.107 e. The first-order valence-electron chi connectivity index (χ1n) is 7.55. The standard InChI is InChI=1S/C17H22N2O2/c1-3-13-12(2)19-15-7-5-4-6-14(15)16(13)18-10-17(20)8-9-21-11-17/h4-7,20H,3,8-11H2,1-2H3,(H,18,19). The summed E-state index contributed by atoms with van der Waals surface area (Å²) in [5, 5.41) is 15.0. The smallest absolute Gasteiger partial charge is 0.107 e. The first-order valence-corrected chi connectivity index (χ1v) is 7.55. The lowest BCUT2D eigenvalue weighted by Crippen LogP contribution is -2.37. The molecule has 112 valence electrons. The van der Waals surface area contributed by atoms with Crippen molar-refractivity contribution in [1.82, 2.24) is 4.98 Å². The van der Waals surface area contributed by atoms with Gasteiger partial charge in [-0.2, -0.15) is 0 Å². The van der Waals surface area contributed by atoms with E-state index in [2.05, 4.69) is 23.3 Å². The molecule has 1 aromatic carbocycles. The lowest BCUT2D eigenvalue weighted by Gasteiger charge is -2.24. The van der Waals surface area contributed by atoms with E-state index in [0.29, 0.717) is 26.2 Å². The van der Waals surface area contributed by atoms with Gasteiger partial charge < -0.3 is 15.2 Å². The Hall–Kier alpha value is -1.65. The molecule has 1 unspecified atom stereocenters. The van der Waals surface area contributed by atoms with Crippen LogP contribution in [0, 0.1) is 6.92 Å². The number of ether oxygens (including phenoxy) is 1. The number of para-hydroxylation sites is 1. The van der Waals surface area contributed by atoms with Crippen LogP contribution in [-0.4, -0.2) is 35.5 Å². The molecule has 21 heavy (non-hydrogen) atoms. The fourth-order valence-corrected chi connectivity index (χ4v) is 3.00. The van der Waals surface area contributed by atoms with Gasteiger partial charge in [-0.1, -0.05) is 25.1 Å². The Labute approximate surface area is 125 Å². The van der Waals surface area contributed by atoms with Crippen LogP contribution in [0.25, 0.3) is 10.9 Å². The van der Waals surface area contributed by atoms with Gasteiger partial charge in [0.25, 0.3) is 0 Å². The quantitative estimate of drug-likeness (QED) is 0.907. The molecule has 1 aliphatic rings. The molecule has 1 atom stereocenters. The number of fused-ring (bicyclic) bond motifs is 1. The van der Waals surface area contributed by atoms with Crippen molar-refractivity contribution < 1.29 is 9.84 Å². The zero-order chi connectivity index (χ0) is 14.9. The van der Waals surface area contributed by atoms with E-state index in [1.807, 2.05) is 25.1 Å². The second kappa shape index (κ2) is 5.62. The molecule has 2 aromatic rings. The van der Waals surface area contributed by atoms with Crippen molar-refractivity contribution in [2.24, 2.45) is 0 Å². The number of rotatable bonds is 4. The highest BCUT2D eigenvalue weighted by atomic mass is 16.5. The van der Waals surface area contributed by atoms with E-state index in [-0.39, 0.29) is 0 Å². The first-order chi connectivity index (χ1) is 10.1. The number of anilines is 1. The van der Waals surface area contributed by atoms with Crippen LogP contribution >= 0.6 is 0 Å². The van der Waals surface area contributed by atoms with Crippen molar-refractivity contribution in [3.05, 3.63) is 35.5 Å². The van der Waals surface area contributed by atoms with Crippen molar-refractivity contribution in [3.8, 4) is 0 Å². The fraction of sp³-hybridized carbons (Fsp3) is 0.471. The second-order valence-electron chi connectivity index (χ2n) is 5.80. The van der Waals surface area contributed by atoms with Crippen molar-refractivity contribution in [3.63, 3.8) is 0 Å². The van der Waals surface area contributed by atoms with Gasteiger partial charge in [0, 0.05) is 36.3 Å². The molecule has 0 bridgehead atoms. The number of aryl methyl sites for hydroxylation is 1. The first kappa shape index (κ1) is 14.3. The topological polar surface area (TPSA) is 54.4 Å². The number of nitrogens with one attached hydrogen (secondary N) is 1. The van der Waals surface area contributed by atoms with Crippen LogP contribution in [0.1, 0.15) is 24.6 Å². The zero-order valence-electron chi connectivity index (χ0n) is 12.6. The monoisotopic (exact) mass is 286 g/mol. The normalized spacial score (nSPS) is 21.9. The molecule has 1 aromatic heterocycles. The van der Waals surface area contributed by atoms with E-state index >= 15 is 0 Å². The average molecular weight is 286 g/mol. The number of hydrogen-bond donors (Lipinski definition) is 2. The van der Waals surface area contributed by atoms with Crippen molar-refractivity contribution >= 4 is 16.6 Å². The summed E-state index contributed by atoms with van der Waals surface area (Å²) in [6, 6.07) is 8.14. The molecule has 0 radical (unpaired) electrons. The molecular formula is C17H22N2O2. The van der Waals surface area contributed by atoms with Gasteiger partial charge in [0.2, 0.25) is 0 Å². The highest BCUT2D eigenvalue weighted by Crippen LogP contribution is 2.30. The van der Waals surface area contributed by atoms with E-state index in [1.165, 1.54) is 5.56 Å². The summed E-state index contributed by atoms with van der Waals surface area (Å²) in [5.74, 6) is 0. The van der Waals surface area contributed by atoms with Crippen molar-refractivity contribution in [2.45, 2.75) is 32.3 Å². The second-order valence-corrected chi connectivity index (χ2v) is 5.80. The van der Waals surface area contributed by atoms with Crippen LogP contribution in [0.4, 0.5) is 5.69 Å². The number of hydrogen-bond acceptors (Lipinski definition) is 4. The number of pyridine rings is 1. The highest BCUT2D eigenvalue weighted by Gasteiger charge is 2.32. The molecule has 0 spiro atoms. The molecule has 1 aliphatic heterocycles. The summed E-state index contributed by atoms with van der Waals surface area (Å²) in [5.41, 5.74) is 3.60. The lowest BCUT2D eigenvalue weighted by molar-refractivity contribution is 0.0382. The molecule has 4 heteroatoms. The molecule has 0 saturated carbocycles. The SMILES string of the molecule is CCc1c(C)nc2ccccc2c1NCC1(O)CCOC1. The Bertz CT molecular complexity index is 649. The Morgan fingerprint density at radius 1 is 1.38 bits per heavy atom.